The van der Waals surface area contributed by atoms with Crippen LogP contribution in [-0.2, 0) is 4.79 Å². The minimum atomic E-state index is -0.847. The van der Waals surface area contributed by atoms with Crippen LogP contribution >= 0.6 is 0 Å². The van der Waals surface area contributed by atoms with E-state index < -0.39 is 12.0 Å². The SMILES string of the molecule is CC(C)C[C@H](NC1CCN(C(=O)c2cc(C(C)C)c(O)cc2O)C(C(C)(C)C)C1)C(=O)O. The molecule has 180 valence electrons. The van der Waals surface area contributed by atoms with E-state index in [9.17, 15) is 24.9 Å². The molecule has 1 aromatic carbocycles. The van der Waals surface area contributed by atoms with Crippen molar-refractivity contribution in [1.29, 1.82) is 0 Å². The average molecular weight is 449 g/mol. The standard InChI is InChI=1S/C25H40N2O5/c1-14(2)10-19(24(31)32)26-16-8-9-27(22(11-16)25(5,6)7)23(30)18-12-17(15(3)4)20(28)13-21(18)29/h12-16,19,22,26,28-29H,8-11H2,1-7H3,(H,31,32)/t16?,19-,22?/m0/s1. The van der Waals surface area contributed by atoms with Crippen LogP contribution in [0.1, 0.15) is 89.6 Å². The third-order valence-electron chi connectivity index (χ3n) is 6.30. The molecule has 0 bridgehead atoms. The van der Waals surface area contributed by atoms with Crippen molar-refractivity contribution in [2.24, 2.45) is 11.3 Å². The van der Waals surface area contributed by atoms with Crippen LogP contribution < -0.4 is 5.32 Å². The van der Waals surface area contributed by atoms with Crippen LogP contribution in [0, 0.1) is 11.3 Å². The van der Waals surface area contributed by atoms with Crippen LogP contribution in [0.5, 0.6) is 11.5 Å². The highest BCUT2D eigenvalue weighted by Crippen LogP contribution is 2.37. The molecule has 1 aromatic rings. The molecule has 1 fully saturated rings. The van der Waals surface area contributed by atoms with Gasteiger partial charge in [0.2, 0.25) is 0 Å². The van der Waals surface area contributed by atoms with Crippen molar-refractivity contribution in [2.45, 2.75) is 91.8 Å². The van der Waals surface area contributed by atoms with Gasteiger partial charge < -0.3 is 25.5 Å². The smallest absolute Gasteiger partial charge is 0.320 e. The summed E-state index contributed by atoms with van der Waals surface area (Å²) in [7, 11) is 0. The van der Waals surface area contributed by atoms with Gasteiger partial charge in [-0.15, -0.1) is 0 Å². The van der Waals surface area contributed by atoms with E-state index in [-0.39, 0.29) is 52.3 Å². The minimum Gasteiger partial charge on any atom is -0.508 e. The summed E-state index contributed by atoms with van der Waals surface area (Å²) in [6, 6.07) is 2.07. The number of benzene rings is 1. The average Bonchev–Trinajstić information content (AvgIpc) is 2.65. The Hall–Kier alpha value is -2.28. The number of carbonyl (C=O) groups is 2. The van der Waals surface area contributed by atoms with Crippen LogP contribution in [0.4, 0.5) is 0 Å². The Bertz CT molecular complexity index is 828. The fourth-order valence-corrected chi connectivity index (χ4v) is 4.56. The number of carboxylic acid groups (broad SMARTS) is 1. The van der Waals surface area contributed by atoms with Gasteiger partial charge in [-0.05, 0) is 48.1 Å². The number of aromatic hydroxyl groups is 2. The number of piperidine rings is 1. The van der Waals surface area contributed by atoms with E-state index >= 15 is 0 Å². The summed E-state index contributed by atoms with van der Waals surface area (Å²) in [6.07, 6.45) is 1.82. The summed E-state index contributed by atoms with van der Waals surface area (Å²) in [4.78, 5) is 27.0. The fourth-order valence-electron chi connectivity index (χ4n) is 4.56. The van der Waals surface area contributed by atoms with Crippen LogP contribution in [0.25, 0.3) is 0 Å². The van der Waals surface area contributed by atoms with E-state index in [0.29, 0.717) is 31.4 Å². The van der Waals surface area contributed by atoms with Crippen LogP contribution in [0.2, 0.25) is 0 Å². The lowest BCUT2D eigenvalue weighted by Crippen LogP contribution is -2.57. The van der Waals surface area contributed by atoms with Crippen molar-refractivity contribution < 1.29 is 24.9 Å². The number of carboxylic acids is 1. The van der Waals surface area contributed by atoms with E-state index in [1.54, 1.807) is 11.0 Å². The second kappa shape index (κ2) is 10.1. The van der Waals surface area contributed by atoms with E-state index in [1.807, 2.05) is 27.7 Å². The number of carbonyl (C=O) groups excluding carboxylic acids is 1. The van der Waals surface area contributed by atoms with E-state index in [1.165, 1.54) is 6.07 Å². The van der Waals surface area contributed by atoms with Crippen molar-refractivity contribution in [2.75, 3.05) is 6.54 Å². The number of hydrogen-bond donors (Lipinski definition) is 4. The maximum absolute atomic E-state index is 13.5. The quantitative estimate of drug-likeness (QED) is 0.494. The molecule has 0 aliphatic carbocycles. The zero-order valence-electron chi connectivity index (χ0n) is 20.5. The molecule has 0 saturated carbocycles. The molecule has 3 atom stereocenters. The molecule has 7 heteroatoms. The minimum absolute atomic E-state index is 0.00408. The first-order chi connectivity index (χ1) is 14.7. The molecule has 4 N–H and O–H groups in total. The molecule has 2 rings (SSSR count). The van der Waals surface area contributed by atoms with Gasteiger partial charge in [0.15, 0.2) is 0 Å². The number of likely N-dealkylation sites (tertiary alicyclic amines) is 1. The maximum Gasteiger partial charge on any atom is 0.320 e. The molecule has 1 aliphatic heterocycles. The molecule has 2 unspecified atom stereocenters. The number of nitrogens with zero attached hydrogens (tertiary/aromatic N) is 1. The van der Waals surface area contributed by atoms with Crippen molar-refractivity contribution in [3.05, 3.63) is 23.3 Å². The predicted molar refractivity (Wildman–Crippen MR) is 125 cm³/mol. The lowest BCUT2D eigenvalue weighted by atomic mass is 9.78. The van der Waals surface area contributed by atoms with Gasteiger partial charge in [-0.25, -0.2) is 0 Å². The molecule has 1 heterocycles. The normalized spacial score (nSPS) is 20.6. The monoisotopic (exact) mass is 448 g/mol. The molecule has 1 saturated heterocycles. The topological polar surface area (TPSA) is 110 Å². The van der Waals surface area contributed by atoms with Gasteiger partial charge in [0, 0.05) is 24.7 Å². The number of hydrogen-bond acceptors (Lipinski definition) is 5. The summed E-state index contributed by atoms with van der Waals surface area (Å²) in [6.45, 7) is 14.5. The molecular formula is C25H40N2O5. The zero-order chi connectivity index (χ0) is 24.4. The summed E-state index contributed by atoms with van der Waals surface area (Å²) in [5, 5.41) is 33.5. The summed E-state index contributed by atoms with van der Waals surface area (Å²) in [5.74, 6) is -1.10. The van der Waals surface area contributed by atoms with Gasteiger partial charge >= 0.3 is 5.97 Å². The van der Waals surface area contributed by atoms with Crippen LogP contribution in [0.3, 0.4) is 0 Å². The lowest BCUT2D eigenvalue weighted by Gasteiger charge is -2.46. The molecule has 0 aromatic heterocycles. The van der Waals surface area contributed by atoms with Gasteiger partial charge in [-0.2, -0.15) is 0 Å². The predicted octanol–water partition coefficient (Wildman–Crippen LogP) is 4.33. The number of amides is 1. The fraction of sp³-hybridized carbons (Fsp3) is 0.680. The summed E-state index contributed by atoms with van der Waals surface area (Å²) in [5.41, 5.74) is 0.573. The second-order valence-corrected chi connectivity index (χ2v) is 10.9. The van der Waals surface area contributed by atoms with Gasteiger partial charge in [-0.3, -0.25) is 9.59 Å². The molecule has 0 radical (unpaired) electrons. The van der Waals surface area contributed by atoms with E-state index in [2.05, 4.69) is 26.1 Å². The molecule has 1 amide bonds. The Morgan fingerprint density at radius 3 is 2.25 bits per heavy atom. The number of aliphatic carboxylic acids is 1. The Balaban J connectivity index is 2.29. The lowest BCUT2D eigenvalue weighted by molar-refractivity contribution is -0.140. The Morgan fingerprint density at radius 2 is 1.75 bits per heavy atom. The second-order valence-electron chi connectivity index (χ2n) is 10.9. The summed E-state index contributed by atoms with van der Waals surface area (Å²) >= 11 is 0. The van der Waals surface area contributed by atoms with Gasteiger partial charge in [0.1, 0.15) is 17.5 Å². The highest BCUT2D eigenvalue weighted by molar-refractivity contribution is 5.97. The molecule has 0 spiro atoms. The van der Waals surface area contributed by atoms with Crippen LogP contribution in [0.15, 0.2) is 12.1 Å². The highest BCUT2D eigenvalue weighted by Gasteiger charge is 2.40. The van der Waals surface area contributed by atoms with E-state index in [4.69, 9.17) is 0 Å². The van der Waals surface area contributed by atoms with Crippen molar-refractivity contribution >= 4 is 11.9 Å². The van der Waals surface area contributed by atoms with Crippen LogP contribution in [-0.4, -0.2) is 56.8 Å². The van der Waals surface area contributed by atoms with Crippen molar-refractivity contribution in [3.63, 3.8) is 0 Å². The van der Waals surface area contributed by atoms with E-state index in [0.717, 1.165) is 0 Å². The summed E-state index contributed by atoms with van der Waals surface area (Å²) < 4.78 is 0. The first kappa shape index (κ1) is 26.0. The molecule has 32 heavy (non-hydrogen) atoms. The number of rotatable bonds is 7. The molecule has 1 aliphatic rings. The number of phenolic OH excluding ortho intramolecular Hbond substituents is 2. The van der Waals surface area contributed by atoms with Gasteiger partial charge in [0.05, 0.1) is 5.56 Å². The Morgan fingerprint density at radius 1 is 1.12 bits per heavy atom. The maximum atomic E-state index is 13.5. The largest absolute Gasteiger partial charge is 0.508 e. The number of phenols is 2. The first-order valence-corrected chi connectivity index (χ1v) is 11.6. The third kappa shape index (κ3) is 6.15. The Kier molecular flexibility index (Phi) is 8.21. The number of nitrogens with one attached hydrogen (secondary N) is 1. The molecular weight excluding hydrogens is 408 g/mol. The molecule has 7 nitrogen and oxygen atoms in total. The zero-order valence-corrected chi connectivity index (χ0v) is 20.5. The Labute approximate surface area is 191 Å². The third-order valence-corrected chi connectivity index (χ3v) is 6.30. The first-order valence-electron chi connectivity index (χ1n) is 11.6. The van der Waals surface area contributed by atoms with Gasteiger partial charge in [-0.1, -0.05) is 48.5 Å². The van der Waals surface area contributed by atoms with Crippen molar-refractivity contribution in [1.82, 2.24) is 10.2 Å². The van der Waals surface area contributed by atoms with Gasteiger partial charge in [0.25, 0.3) is 5.91 Å². The highest BCUT2D eigenvalue weighted by atomic mass is 16.4. The van der Waals surface area contributed by atoms with Crippen molar-refractivity contribution in [3.8, 4) is 11.5 Å².